The van der Waals surface area contributed by atoms with E-state index in [4.69, 9.17) is 0 Å². The SMILES string of the molecule is COc1ccc(Nc2cc(C(F)(F)F)nc(N[C@@H](CO)C(C)C)n2)cc1C(F)(F)F. The second kappa shape index (κ2) is 8.94. The minimum Gasteiger partial charge on any atom is -0.496 e. The van der Waals surface area contributed by atoms with E-state index in [9.17, 15) is 31.4 Å². The second-order valence-corrected chi connectivity index (χ2v) is 6.68. The smallest absolute Gasteiger partial charge is 0.433 e. The molecule has 0 unspecified atom stereocenters. The van der Waals surface area contributed by atoms with Crippen LogP contribution in [0.1, 0.15) is 25.1 Å². The van der Waals surface area contributed by atoms with Crippen LogP contribution in [0.5, 0.6) is 5.75 Å². The first-order valence-corrected chi connectivity index (χ1v) is 8.71. The molecule has 12 heteroatoms. The number of aliphatic hydroxyl groups excluding tert-OH is 1. The molecule has 0 aliphatic rings. The number of halogens is 6. The van der Waals surface area contributed by atoms with Crippen LogP contribution in [0, 0.1) is 5.92 Å². The number of hydrogen-bond donors (Lipinski definition) is 3. The summed E-state index contributed by atoms with van der Waals surface area (Å²) in [5.41, 5.74) is -2.55. The fourth-order valence-corrected chi connectivity index (χ4v) is 2.47. The lowest BCUT2D eigenvalue weighted by Crippen LogP contribution is -2.30. The number of nitrogens with one attached hydrogen (secondary N) is 2. The second-order valence-electron chi connectivity index (χ2n) is 6.68. The third-order valence-electron chi connectivity index (χ3n) is 4.11. The molecule has 30 heavy (non-hydrogen) atoms. The predicted molar refractivity (Wildman–Crippen MR) is 97.6 cm³/mol. The van der Waals surface area contributed by atoms with Gasteiger partial charge in [0.05, 0.1) is 25.3 Å². The lowest BCUT2D eigenvalue weighted by Gasteiger charge is -2.21. The van der Waals surface area contributed by atoms with Gasteiger partial charge in [-0.15, -0.1) is 0 Å². The van der Waals surface area contributed by atoms with E-state index in [2.05, 4.69) is 25.3 Å². The Morgan fingerprint density at radius 1 is 1.03 bits per heavy atom. The van der Waals surface area contributed by atoms with E-state index < -0.39 is 41.3 Å². The van der Waals surface area contributed by atoms with Crippen molar-refractivity contribution < 1.29 is 36.2 Å². The number of methoxy groups -OCH3 is 1. The van der Waals surface area contributed by atoms with E-state index in [1.165, 1.54) is 6.07 Å². The Labute approximate surface area is 168 Å². The Morgan fingerprint density at radius 2 is 1.70 bits per heavy atom. The maximum Gasteiger partial charge on any atom is 0.433 e. The van der Waals surface area contributed by atoms with Crippen molar-refractivity contribution in [2.45, 2.75) is 32.2 Å². The normalized spacial score (nSPS) is 13.3. The van der Waals surface area contributed by atoms with Gasteiger partial charge in [-0.25, -0.2) is 4.98 Å². The van der Waals surface area contributed by atoms with E-state index in [1.807, 2.05) is 0 Å². The Bertz CT molecular complexity index is 871. The quantitative estimate of drug-likeness (QED) is 0.544. The van der Waals surface area contributed by atoms with Crippen molar-refractivity contribution in [2.75, 3.05) is 24.4 Å². The average Bonchev–Trinajstić information content (AvgIpc) is 2.64. The largest absolute Gasteiger partial charge is 0.496 e. The van der Waals surface area contributed by atoms with Crippen LogP contribution in [-0.2, 0) is 12.4 Å². The standard InChI is InChI=1S/C18H20F6N4O2/c1-9(2)12(8-29)26-16-27-14(18(22,23)24)7-15(28-16)25-10-4-5-13(30-3)11(6-10)17(19,20)21/h4-7,9,12,29H,8H2,1-3H3,(H2,25,26,27,28)/t12-/m0/s1. The molecule has 0 fully saturated rings. The molecule has 0 aliphatic carbocycles. The first kappa shape index (κ1) is 23.5. The summed E-state index contributed by atoms with van der Waals surface area (Å²) in [6, 6.07) is 2.90. The summed E-state index contributed by atoms with van der Waals surface area (Å²) < 4.78 is 83.9. The molecule has 0 amide bonds. The number of benzene rings is 1. The monoisotopic (exact) mass is 438 g/mol. The van der Waals surface area contributed by atoms with Crippen LogP contribution in [0.15, 0.2) is 24.3 Å². The van der Waals surface area contributed by atoms with E-state index in [-0.39, 0.29) is 24.0 Å². The van der Waals surface area contributed by atoms with E-state index in [0.29, 0.717) is 12.1 Å². The van der Waals surface area contributed by atoms with Gasteiger partial charge in [-0.3, -0.25) is 0 Å². The molecule has 6 nitrogen and oxygen atoms in total. The van der Waals surface area contributed by atoms with Crippen molar-refractivity contribution in [3.8, 4) is 5.75 Å². The summed E-state index contributed by atoms with van der Waals surface area (Å²) in [6.07, 6.45) is -9.55. The van der Waals surface area contributed by atoms with Gasteiger partial charge in [-0.05, 0) is 24.1 Å². The Kier molecular flexibility index (Phi) is 7.01. The molecular weight excluding hydrogens is 418 g/mol. The van der Waals surface area contributed by atoms with Crippen molar-refractivity contribution in [3.63, 3.8) is 0 Å². The molecule has 3 N–H and O–H groups in total. The van der Waals surface area contributed by atoms with Gasteiger partial charge in [-0.2, -0.15) is 31.3 Å². The Morgan fingerprint density at radius 3 is 2.20 bits per heavy atom. The van der Waals surface area contributed by atoms with Gasteiger partial charge in [-0.1, -0.05) is 13.8 Å². The molecule has 0 aliphatic heterocycles. The van der Waals surface area contributed by atoms with Gasteiger partial charge < -0.3 is 20.5 Å². The first-order valence-electron chi connectivity index (χ1n) is 8.71. The van der Waals surface area contributed by atoms with Crippen molar-refractivity contribution >= 4 is 17.5 Å². The third-order valence-corrected chi connectivity index (χ3v) is 4.11. The molecule has 0 saturated heterocycles. The van der Waals surface area contributed by atoms with Crippen molar-refractivity contribution in [1.82, 2.24) is 9.97 Å². The molecule has 0 radical (unpaired) electrons. The van der Waals surface area contributed by atoms with Crippen LogP contribution in [-0.4, -0.2) is 34.8 Å². The first-order chi connectivity index (χ1) is 13.8. The molecule has 2 rings (SSSR count). The number of ether oxygens (including phenoxy) is 1. The zero-order valence-corrected chi connectivity index (χ0v) is 16.2. The van der Waals surface area contributed by atoms with Gasteiger partial charge >= 0.3 is 12.4 Å². The van der Waals surface area contributed by atoms with Crippen LogP contribution < -0.4 is 15.4 Å². The van der Waals surface area contributed by atoms with Crippen molar-refractivity contribution in [2.24, 2.45) is 5.92 Å². The molecular formula is C18H20F6N4O2. The number of aliphatic hydroxyl groups is 1. The molecule has 1 heterocycles. The minimum absolute atomic E-state index is 0.150. The Hall–Kier alpha value is -2.76. The average molecular weight is 438 g/mol. The van der Waals surface area contributed by atoms with Crippen LogP contribution in [0.4, 0.5) is 43.8 Å². The minimum atomic E-state index is -4.82. The van der Waals surface area contributed by atoms with Gasteiger partial charge in [0.1, 0.15) is 11.6 Å². The lowest BCUT2D eigenvalue weighted by molar-refractivity contribution is -0.141. The number of nitrogens with zero attached hydrogens (tertiary/aromatic N) is 2. The summed E-state index contributed by atoms with van der Waals surface area (Å²) in [4.78, 5) is 7.29. The Balaban J connectivity index is 2.45. The van der Waals surface area contributed by atoms with Gasteiger partial charge in [0.2, 0.25) is 5.95 Å². The predicted octanol–water partition coefficient (Wildman–Crippen LogP) is 4.70. The third kappa shape index (κ3) is 5.88. The highest BCUT2D eigenvalue weighted by Gasteiger charge is 2.35. The molecule has 166 valence electrons. The van der Waals surface area contributed by atoms with Crippen molar-refractivity contribution in [1.29, 1.82) is 0 Å². The molecule has 2 aromatic rings. The maximum absolute atomic E-state index is 13.2. The number of rotatable bonds is 7. The van der Waals surface area contributed by atoms with Gasteiger partial charge in [0.15, 0.2) is 5.69 Å². The highest BCUT2D eigenvalue weighted by atomic mass is 19.4. The van der Waals surface area contributed by atoms with E-state index in [1.54, 1.807) is 13.8 Å². The lowest BCUT2D eigenvalue weighted by atomic mass is 10.1. The summed E-state index contributed by atoms with van der Waals surface area (Å²) in [5.74, 6) is -1.39. The van der Waals surface area contributed by atoms with E-state index in [0.717, 1.165) is 13.2 Å². The highest BCUT2D eigenvalue weighted by molar-refractivity contribution is 5.61. The highest BCUT2D eigenvalue weighted by Crippen LogP contribution is 2.38. The number of anilines is 3. The maximum atomic E-state index is 13.2. The van der Waals surface area contributed by atoms with Gasteiger partial charge in [0.25, 0.3) is 0 Å². The van der Waals surface area contributed by atoms with Crippen LogP contribution in [0.2, 0.25) is 0 Å². The van der Waals surface area contributed by atoms with Crippen LogP contribution in [0.3, 0.4) is 0 Å². The number of alkyl halides is 6. The molecule has 0 bridgehead atoms. The van der Waals surface area contributed by atoms with E-state index >= 15 is 0 Å². The molecule has 1 atom stereocenters. The van der Waals surface area contributed by atoms with Crippen LogP contribution in [0.25, 0.3) is 0 Å². The molecule has 1 aromatic heterocycles. The zero-order valence-electron chi connectivity index (χ0n) is 16.2. The summed E-state index contributed by atoms with van der Waals surface area (Å²) in [7, 11) is 1.07. The number of aromatic nitrogens is 2. The van der Waals surface area contributed by atoms with Gasteiger partial charge in [0, 0.05) is 11.8 Å². The topological polar surface area (TPSA) is 79.3 Å². The van der Waals surface area contributed by atoms with Crippen molar-refractivity contribution in [3.05, 3.63) is 35.5 Å². The molecule has 0 saturated carbocycles. The fraction of sp³-hybridized carbons (Fsp3) is 0.444. The van der Waals surface area contributed by atoms with Crippen LogP contribution >= 0.6 is 0 Å². The zero-order chi connectivity index (χ0) is 22.7. The number of hydrogen-bond acceptors (Lipinski definition) is 6. The molecule has 0 spiro atoms. The molecule has 1 aromatic carbocycles. The summed E-state index contributed by atoms with van der Waals surface area (Å²) in [6.45, 7) is 3.08. The fourth-order valence-electron chi connectivity index (χ4n) is 2.47. The summed E-state index contributed by atoms with van der Waals surface area (Å²) in [5, 5.41) is 14.4. The summed E-state index contributed by atoms with van der Waals surface area (Å²) >= 11 is 0.